The molecule has 0 bridgehead atoms. The Morgan fingerprint density at radius 2 is 2.00 bits per heavy atom. The summed E-state index contributed by atoms with van der Waals surface area (Å²) in [4.78, 5) is 12.1. The zero-order valence-electron chi connectivity index (χ0n) is 10.6. The van der Waals surface area contributed by atoms with Crippen LogP contribution in [0, 0.1) is 6.92 Å². The molecule has 0 saturated heterocycles. The Balaban J connectivity index is 2.01. The number of aromatic hydroxyl groups is 1. The lowest BCUT2D eigenvalue weighted by Crippen LogP contribution is -2.40. The number of phenolic OH excluding ortho intramolecular Hbond substituents is 1. The van der Waals surface area contributed by atoms with Crippen molar-refractivity contribution in [2.24, 2.45) is 5.73 Å². The largest absolute Gasteiger partial charge is 0.507 e. The molecule has 4 heteroatoms. The summed E-state index contributed by atoms with van der Waals surface area (Å²) in [5, 5.41) is 12.7. The fraction of sp³-hybridized carbons (Fsp3) is 0.500. The Hall–Kier alpha value is -1.55. The third-order valence-electron chi connectivity index (χ3n) is 3.50. The van der Waals surface area contributed by atoms with Gasteiger partial charge in [-0.3, -0.25) is 4.79 Å². The first-order valence-corrected chi connectivity index (χ1v) is 6.42. The second-order valence-electron chi connectivity index (χ2n) is 5.11. The van der Waals surface area contributed by atoms with Crippen molar-refractivity contribution in [1.82, 2.24) is 5.32 Å². The van der Waals surface area contributed by atoms with Gasteiger partial charge in [0.05, 0.1) is 5.56 Å². The summed E-state index contributed by atoms with van der Waals surface area (Å²) in [6.07, 6.45) is 3.73. The summed E-state index contributed by atoms with van der Waals surface area (Å²) in [5.74, 6) is -0.165. The standard InChI is InChI=1S/C14H20N2O2/c1-9-2-7-13(17)12(8-9)14(18)16-11-5-3-10(15)4-6-11/h2,7-8,10-11,17H,3-6,15H2,1H3,(H,16,18)/t10-,11+. The Labute approximate surface area is 107 Å². The zero-order valence-corrected chi connectivity index (χ0v) is 10.6. The molecule has 1 saturated carbocycles. The molecule has 4 N–H and O–H groups in total. The summed E-state index contributed by atoms with van der Waals surface area (Å²) in [5.41, 5.74) is 7.14. The predicted molar refractivity (Wildman–Crippen MR) is 70.5 cm³/mol. The topological polar surface area (TPSA) is 75.3 Å². The van der Waals surface area contributed by atoms with E-state index >= 15 is 0 Å². The molecule has 2 rings (SSSR count). The van der Waals surface area contributed by atoms with Crippen LogP contribution in [0.15, 0.2) is 18.2 Å². The molecule has 1 fully saturated rings. The lowest BCUT2D eigenvalue weighted by Gasteiger charge is -2.26. The van der Waals surface area contributed by atoms with E-state index in [0.717, 1.165) is 31.2 Å². The van der Waals surface area contributed by atoms with Gasteiger partial charge in [-0.25, -0.2) is 0 Å². The second-order valence-corrected chi connectivity index (χ2v) is 5.11. The molecule has 1 aromatic rings. The highest BCUT2D eigenvalue weighted by Crippen LogP contribution is 2.21. The van der Waals surface area contributed by atoms with E-state index in [1.165, 1.54) is 0 Å². The van der Waals surface area contributed by atoms with E-state index in [0.29, 0.717) is 5.56 Å². The third kappa shape index (κ3) is 3.01. The molecular formula is C14H20N2O2. The number of aryl methyl sites for hydroxylation is 1. The van der Waals surface area contributed by atoms with Gasteiger partial charge in [0.2, 0.25) is 0 Å². The lowest BCUT2D eigenvalue weighted by molar-refractivity contribution is 0.0923. The minimum atomic E-state index is -0.198. The molecule has 0 spiro atoms. The van der Waals surface area contributed by atoms with Crippen LogP contribution in [0.1, 0.15) is 41.6 Å². The number of benzene rings is 1. The van der Waals surface area contributed by atoms with Crippen molar-refractivity contribution in [2.45, 2.75) is 44.7 Å². The average molecular weight is 248 g/mol. The van der Waals surface area contributed by atoms with Crippen LogP contribution in [0.25, 0.3) is 0 Å². The maximum atomic E-state index is 12.1. The van der Waals surface area contributed by atoms with Gasteiger partial charge in [0.25, 0.3) is 5.91 Å². The highest BCUT2D eigenvalue weighted by molar-refractivity contribution is 5.97. The van der Waals surface area contributed by atoms with E-state index in [4.69, 9.17) is 5.73 Å². The van der Waals surface area contributed by atoms with Crippen molar-refractivity contribution in [2.75, 3.05) is 0 Å². The van der Waals surface area contributed by atoms with E-state index in [9.17, 15) is 9.90 Å². The number of phenols is 1. The fourth-order valence-corrected chi connectivity index (χ4v) is 2.36. The van der Waals surface area contributed by atoms with Crippen molar-refractivity contribution >= 4 is 5.91 Å². The molecule has 0 atom stereocenters. The Morgan fingerprint density at radius 3 is 2.67 bits per heavy atom. The molecule has 1 aliphatic carbocycles. The van der Waals surface area contributed by atoms with Gasteiger partial charge in [0, 0.05) is 12.1 Å². The van der Waals surface area contributed by atoms with Gasteiger partial charge in [-0.1, -0.05) is 11.6 Å². The van der Waals surface area contributed by atoms with Crippen LogP contribution in [0.2, 0.25) is 0 Å². The molecule has 0 radical (unpaired) electrons. The first-order valence-electron chi connectivity index (χ1n) is 6.42. The number of carbonyl (C=O) groups excluding carboxylic acids is 1. The van der Waals surface area contributed by atoms with Crippen LogP contribution in [0.5, 0.6) is 5.75 Å². The van der Waals surface area contributed by atoms with Crippen molar-refractivity contribution in [3.63, 3.8) is 0 Å². The van der Waals surface area contributed by atoms with Gasteiger partial charge < -0.3 is 16.2 Å². The SMILES string of the molecule is Cc1ccc(O)c(C(=O)N[C@H]2CC[C@@H](N)CC2)c1. The normalized spacial score (nSPS) is 23.7. The highest BCUT2D eigenvalue weighted by Gasteiger charge is 2.21. The number of carbonyl (C=O) groups is 1. The summed E-state index contributed by atoms with van der Waals surface area (Å²) in [6, 6.07) is 5.49. The predicted octanol–water partition coefficient (Wildman–Crippen LogP) is 1.70. The molecule has 18 heavy (non-hydrogen) atoms. The number of nitrogens with one attached hydrogen (secondary N) is 1. The molecule has 1 amide bonds. The zero-order chi connectivity index (χ0) is 13.1. The number of rotatable bonds is 2. The lowest BCUT2D eigenvalue weighted by atomic mass is 9.91. The third-order valence-corrected chi connectivity index (χ3v) is 3.50. The van der Waals surface area contributed by atoms with Gasteiger partial charge >= 0.3 is 0 Å². The van der Waals surface area contributed by atoms with Crippen LogP contribution in [-0.2, 0) is 0 Å². The Bertz CT molecular complexity index is 437. The molecule has 4 nitrogen and oxygen atoms in total. The summed E-state index contributed by atoms with van der Waals surface area (Å²) in [6.45, 7) is 1.90. The Morgan fingerprint density at radius 1 is 1.33 bits per heavy atom. The van der Waals surface area contributed by atoms with Crippen molar-refractivity contribution in [1.29, 1.82) is 0 Å². The van der Waals surface area contributed by atoms with E-state index in [2.05, 4.69) is 5.32 Å². The van der Waals surface area contributed by atoms with Crippen LogP contribution in [0.3, 0.4) is 0 Å². The maximum Gasteiger partial charge on any atom is 0.255 e. The van der Waals surface area contributed by atoms with Crippen molar-refractivity contribution in [3.05, 3.63) is 29.3 Å². The summed E-state index contributed by atoms with van der Waals surface area (Å²) < 4.78 is 0. The average Bonchev–Trinajstić information content (AvgIpc) is 2.35. The van der Waals surface area contributed by atoms with E-state index in [-0.39, 0.29) is 23.7 Å². The summed E-state index contributed by atoms with van der Waals surface area (Å²) >= 11 is 0. The molecule has 0 aromatic heterocycles. The first kappa shape index (κ1) is 12.9. The molecule has 1 aliphatic rings. The molecule has 0 aliphatic heterocycles. The van der Waals surface area contributed by atoms with Gasteiger partial charge in [0.15, 0.2) is 0 Å². The molecule has 98 valence electrons. The molecule has 1 aromatic carbocycles. The fourth-order valence-electron chi connectivity index (χ4n) is 2.36. The highest BCUT2D eigenvalue weighted by atomic mass is 16.3. The monoisotopic (exact) mass is 248 g/mol. The molecule has 0 heterocycles. The maximum absolute atomic E-state index is 12.1. The minimum Gasteiger partial charge on any atom is -0.507 e. The first-order chi connectivity index (χ1) is 8.56. The number of hydrogen-bond donors (Lipinski definition) is 3. The van der Waals surface area contributed by atoms with Gasteiger partial charge in [-0.15, -0.1) is 0 Å². The van der Waals surface area contributed by atoms with Crippen LogP contribution >= 0.6 is 0 Å². The minimum absolute atomic E-state index is 0.0330. The molecular weight excluding hydrogens is 228 g/mol. The van der Waals surface area contributed by atoms with Crippen molar-refractivity contribution < 1.29 is 9.90 Å². The van der Waals surface area contributed by atoms with E-state index in [1.54, 1.807) is 18.2 Å². The van der Waals surface area contributed by atoms with Gasteiger partial charge in [-0.2, -0.15) is 0 Å². The van der Waals surface area contributed by atoms with Gasteiger partial charge in [-0.05, 0) is 44.7 Å². The van der Waals surface area contributed by atoms with E-state index in [1.807, 2.05) is 6.92 Å². The number of amides is 1. The van der Waals surface area contributed by atoms with Crippen molar-refractivity contribution in [3.8, 4) is 5.75 Å². The van der Waals surface area contributed by atoms with Crippen LogP contribution < -0.4 is 11.1 Å². The second kappa shape index (κ2) is 5.40. The number of nitrogens with two attached hydrogens (primary N) is 1. The van der Waals surface area contributed by atoms with Gasteiger partial charge in [0.1, 0.15) is 5.75 Å². The quantitative estimate of drug-likeness (QED) is 0.745. The van der Waals surface area contributed by atoms with Crippen LogP contribution in [0.4, 0.5) is 0 Å². The van der Waals surface area contributed by atoms with Crippen LogP contribution in [-0.4, -0.2) is 23.1 Å². The molecule has 0 unspecified atom stereocenters. The van der Waals surface area contributed by atoms with E-state index < -0.39 is 0 Å². The summed E-state index contributed by atoms with van der Waals surface area (Å²) in [7, 11) is 0. The Kier molecular flexibility index (Phi) is 3.87. The smallest absolute Gasteiger partial charge is 0.255 e. The number of hydrogen-bond acceptors (Lipinski definition) is 3.